The van der Waals surface area contributed by atoms with Gasteiger partial charge in [-0.05, 0) is 75.3 Å². The Morgan fingerprint density at radius 1 is 0.762 bits per heavy atom. The summed E-state index contributed by atoms with van der Waals surface area (Å²) in [5.74, 6) is -0.855. The third-order valence-electron chi connectivity index (χ3n) is 6.85. The lowest BCUT2D eigenvalue weighted by Crippen LogP contribution is -2.50. The van der Waals surface area contributed by atoms with Crippen molar-refractivity contribution in [3.05, 3.63) is 102 Å². The zero-order valence-electron chi connectivity index (χ0n) is 25.2. The summed E-state index contributed by atoms with van der Waals surface area (Å²) in [6, 6.07) is 26.6. The van der Waals surface area contributed by atoms with Crippen molar-refractivity contribution in [1.82, 2.24) is 10.6 Å². The molecule has 3 aromatic rings. The molecule has 2 N–H and O–H groups in total. The van der Waals surface area contributed by atoms with Crippen LogP contribution in [0.5, 0.6) is 5.75 Å². The fraction of sp³-hybridized carbons (Fsp3) is 0.400. The van der Waals surface area contributed by atoms with Crippen molar-refractivity contribution in [3.8, 4) is 5.75 Å². The predicted octanol–water partition coefficient (Wildman–Crippen LogP) is 5.45. The maximum Gasteiger partial charge on any atom is 0.307 e. The summed E-state index contributed by atoms with van der Waals surface area (Å²) in [7, 11) is 1.63. The highest BCUT2D eigenvalue weighted by molar-refractivity contribution is 5.90. The van der Waals surface area contributed by atoms with E-state index in [1.54, 1.807) is 27.9 Å². The molecule has 3 aromatic carbocycles. The third kappa shape index (κ3) is 11.8. The third-order valence-corrected chi connectivity index (χ3v) is 6.85. The number of hydrogen-bond donors (Lipinski definition) is 2. The fourth-order valence-electron chi connectivity index (χ4n) is 4.70. The molecule has 0 saturated heterocycles. The highest BCUT2D eigenvalue weighted by Gasteiger charge is 2.29. The number of amides is 2. The minimum atomic E-state index is -0.779. The Balaban J connectivity index is 1.69. The Morgan fingerprint density at radius 3 is 1.95 bits per heavy atom. The number of carbonyl (C=O) groups excluding carboxylic acids is 3. The number of benzene rings is 3. The summed E-state index contributed by atoms with van der Waals surface area (Å²) in [4.78, 5) is 39.8. The molecule has 0 bridgehead atoms. The van der Waals surface area contributed by atoms with E-state index in [0.717, 1.165) is 28.9 Å². The highest BCUT2D eigenvalue weighted by atomic mass is 16.6. The molecular formula is C35H44N2O5. The van der Waals surface area contributed by atoms with Gasteiger partial charge >= 0.3 is 5.97 Å². The number of rotatable bonds is 15. The second kappa shape index (κ2) is 16.3. The minimum Gasteiger partial charge on any atom is -0.497 e. The number of carbonyl (C=O) groups is 3. The van der Waals surface area contributed by atoms with E-state index in [2.05, 4.69) is 10.6 Å². The van der Waals surface area contributed by atoms with Gasteiger partial charge in [0.1, 0.15) is 17.4 Å². The first-order valence-corrected chi connectivity index (χ1v) is 14.6. The van der Waals surface area contributed by atoms with Gasteiger partial charge in [-0.15, -0.1) is 0 Å². The van der Waals surface area contributed by atoms with Crippen LogP contribution in [0.1, 0.15) is 56.7 Å². The standard InChI is InChI=1S/C35H44N2O5/c1-35(2,3)42-32(38)25-29(17-11-16-27-18-20-30(41-4)21-19-27)33(39)37-31(24-28-14-9-6-10-15-28)34(40)36-23-22-26-12-7-5-8-13-26/h5-10,12-15,18-21,29,31H,11,16-17,22-25H2,1-4H3,(H,36,40)(H,37,39). The van der Waals surface area contributed by atoms with E-state index in [0.29, 0.717) is 32.2 Å². The first kappa shape index (κ1) is 32.4. The van der Waals surface area contributed by atoms with Gasteiger partial charge in [-0.3, -0.25) is 14.4 Å². The maximum atomic E-state index is 13.7. The molecule has 0 aliphatic rings. The van der Waals surface area contributed by atoms with Crippen molar-refractivity contribution in [2.24, 2.45) is 5.92 Å². The van der Waals surface area contributed by atoms with Gasteiger partial charge in [0.2, 0.25) is 11.8 Å². The SMILES string of the molecule is COc1ccc(CCCC(CC(=O)OC(C)(C)C)C(=O)NC(Cc2ccccc2)C(=O)NCCc2ccccc2)cc1. The second-order valence-electron chi connectivity index (χ2n) is 11.5. The number of aryl methyl sites for hydroxylation is 1. The van der Waals surface area contributed by atoms with Crippen LogP contribution < -0.4 is 15.4 Å². The lowest BCUT2D eigenvalue weighted by molar-refractivity contribution is -0.157. The van der Waals surface area contributed by atoms with Gasteiger partial charge in [-0.25, -0.2) is 0 Å². The Bertz CT molecular complexity index is 1250. The molecule has 2 atom stereocenters. The van der Waals surface area contributed by atoms with Crippen molar-refractivity contribution in [2.75, 3.05) is 13.7 Å². The monoisotopic (exact) mass is 572 g/mol. The molecule has 0 aliphatic carbocycles. The van der Waals surface area contributed by atoms with Gasteiger partial charge in [0, 0.05) is 18.9 Å². The summed E-state index contributed by atoms with van der Waals surface area (Å²) in [6.07, 6.45) is 2.89. The van der Waals surface area contributed by atoms with Gasteiger partial charge in [-0.2, -0.15) is 0 Å². The molecule has 0 saturated carbocycles. The largest absolute Gasteiger partial charge is 0.497 e. The summed E-state index contributed by atoms with van der Waals surface area (Å²) >= 11 is 0. The number of ether oxygens (including phenoxy) is 2. The van der Waals surface area contributed by atoms with Gasteiger partial charge < -0.3 is 20.1 Å². The molecule has 0 heterocycles. The molecule has 0 spiro atoms. The predicted molar refractivity (Wildman–Crippen MR) is 165 cm³/mol. The molecule has 7 heteroatoms. The molecular weight excluding hydrogens is 528 g/mol. The number of nitrogens with one attached hydrogen (secondary N) is 2. The average Bonchev–Trinajstić information content (AvgIpc) is 2.96. The molecule has 2 amide bonds. The van der Waals surface area contributed by atoms with E-state index in [-0.39, 0.29) is 18.2 Å². The molecule has 224 valence electrons. The first-order chi connectivity index (χ1) is 20.1. The lowest BCUT2D eigenvalue weighted by atomic mass is 9.94. The maximum absolute atomic E-state index is 13.7. The van der Waals surface area contributed by atoms with Crippen LogP contribution in [0.2, 0.25) is 0 Å². The fourth-order valence-corrected chi connectivity index (χ4v) is 4.70. The quantitative estimate of drug-likeness (QED) is 0.236. The minimum absolute atomic E-state index is 0.0562. The van der Waals surface area contributed by atoms with Gasteiger partial charge in [0.15, 0.2) is 0 Å². The lowest BCUT2D eigenvalue weighted by Gasteiger charge is -2.24. The van der Waals surface area contributed by atoms with Crippen LogP contribution in [0.4, 0.5) is 0 Å². The van der Waals surface area contributed by atoms with Gasteiger partial charge in [0.25, 0.3) is 0 Å². The molecule has 42 heavy (non-hydrogen) atoms. The van der Waals surface area contributed by atoms with Gasteiger partial charge in [-0.1, -0.05) is 72.8 Å². The zero-order valence-corrected chi connectivity index (χ0v) is 25.2. The van der Waals surface area contributed by atoms with Crippen molar-refractivity contribution >= 4 is 17.8 Å². The summed E-state index contributed by atoms with van der Waals surface area (Å²) in [6.45, 7) is 5.87. The molecule has 0 radical (unpaired) electrons. The van der Waals surface area contributed by atoms with Crippen LogP contribution in [0, 0.1) is 5.92 Å². The highest BCUT2D eigenvalue weighted by Crippen LogP contribution is 2.20. The van der Waals surface area contributed by atoms with Crippen LogP contribution in [0.25, 0.3) is 0 Å². The van der Waals surface area contributed by atoms with Crippen molar-refractivity contribution in [1.29, 1.82) is 0 Å². The van der Waals surface area contributed by atoms with E-state index in [4.69, 9.17) is 9.47 Å². The zero-order chi connectivity index (χ0) is 30.4. The number of esters is 1. The number of hydrogen-bond acceptors (Lipinski definition) is 5. The van der Waals surface area contributed by atoms with E-state index < -0.39 is 23.5 Å². The van der Waals surface area contributed by atoms with Crippen molar-refractivity contribution < 1.29 is 23.9 Å². The molecule has 7 nitrogen and oxygen atoms in total. The van der Waals surface area contributed by atoms with E-state index >= 15 is 0 Å². The van der Waals surface area contributed by atoms with E-state index in [1.807, 2.05) is 84.9 Å². The van der Waals surface area contributed by atoms with E-state index in [9.17, 15) is 14.4 Å². The van der Waals surface area contributed by atoms with Crippen LogP contribution >= 0.6 is 0 Å². The van der Waals surface area contributed by atoms with Crippen molar-refractivity contribution in [2.45, 2.75) is 70.9 Å². The molecule has 2 unspecified atom stereocenters. The normalized spacial score (nSPS) is 12.6. The summed E-state index contributed by atoms with van der Waals surface area (Å²) < 4.78 is 10.8. The average molecular weight is 573 g/mol. The molecule has 3 rings (SSSR count). The Kier molecular flexibility index (Phi) is 12.6. The summed E-state index contributed by atoms with van der Waals surface area (Å²) in [5.41, 5.74) is 2.52. The Morgan fingerprint density at radius 2 is 1.36 bits per heavy atom. The first-order valence-electron chi connectivity index (χ1n) is 14.6. The van der Waals surface area contributed by atoms with Crippen LogP contribution in [-0.2, 0) is 38.4 Å². The molecule has 0 aromatic heterocycles. The molecule has 0 fully saturated rings. The smallest absolute Gasteiger partial charge is 0.307 e. The molecule has 0 aliphatic heterocycles. The second-order valence-corrected chi connectivity index (χ2v) is 11.5. The Labute approximate surface area is 250 Å². The Hall–Kier alpha value is -4.13. The van der Waals surface area contributed by atoms with Gasteiger partial charge in [0.05, 0.1) is 13.5 Å². The van der Waals surface area contributed by atoms with Crippen LogP contribution in [-0.4, -0.2) is 43.1 Å². The number of methoxy groups -OCH3 is 1. The van der Waals surface area contributed by atoms with Crippen molar-refractivity contribution in [3.63, 3.8) is 0 Å². The summed E-state index contributed by atoms with van der Waals surface area (Å²) in [5, 5.41) is 5.96. The van der Waals surface area contributed by atoms with Crippen LogP contribution in [0.3, 0.4) is 0 Å². The topological polar surface area (TPSA) is 93.7 Å². The van der Waals surface area contributed by atoms with E-state index in [1.165, 1.54) is 0 Å². The van der Waals surface area contributed by atoms with Crippen LogP contribution in [0.15, 0.2) is 84.9 Å².